The molecule has 29 heavy (non-hydrogen) atoms. The molecule has 0 radical (unpaired) electrons. The Hall–Kier alpha value is -3.99. The maximum absolute atomic E-state index is 13.3. The van der Waals surface area contributed by atoms with E-state index in [4.69, 9.17) is 0 Å². The van der Waals surface area contributed by atoms with Crippen LogP contribution in [0.3, 0.4) is 0 Å². The number of benzene rings is 3. The summed E-state index contributed by atoms with van der Waals surface area (Å²) >= 11 is 0. The minimum Gasteiger partial charge on any atom is -0.288 e. The van der Waals surface area contributed by atoms with Gasteiger partial charge in [-0.15, -0.1) is 0 Å². The standard InChI is InChI=1S/C24H16N2O3/c27-22-18-13-7-8-14-19(18)23(28)21-20(22)24(29)25(15-16-9-3-1-4-10-16)26(21)17-11-5-2-6-12-17/h1-14H,15H2. The van der Waals surface area contributed by atoms with Crippen molar-refractivity contribution < 1.29 is 9.59 Å². The molecule has 0 spiro atoms. The summed E-state index contributed by atoms with van der Waals surface area (Å²) in [6, 6.07) is 25.3. The Labute approximate surface area is 166 Å². The highest BCUT2D eigenvalue weighted by atomic mass is 16.2. The van der Waals surface area contributed by atoms with E-state index in [1.807, 2.05) is 60.7 Å². The molecule has 1 aliphatic carbocycles. The molecule has 1 aliphatic rings. The van der Waals surface area contributed by atoms with Crippen LogP contribution in [-0.4, -0.2) is 20.9 Å². The van der Waals surface area contributed by atoms with E-state index in [1.54, 1.807) is 28.9 Å². The largest absolute Gasteiger partial charge is 0.288 e. The maximum Gasteiger partial charge on any atom is 0.279 e. The lowest BCUT2D eigenvalue weighted by molar-refractivity contribution is 0.0974. The van der Waals surface area contributed by atoms with Gasteiger partial charge in [0.15, 0.2) is 0 Å². The lowest BCUT2D eigenvalue weighted by Crippen LogP contribution is -2.26. The molecule has 3 aromatic carbocycles. The third-order valence-corrected chi connectivity index (χ3v) is 5.17. The number of hydrogen-bond acceptors (Lipinski definition) is 3. The van der Waals surface area contributed by atoms with Crippen LogP contribution < -0.4 is 5.56 Å². The molecule has 0 saturated carbocycles. The van der Waals surface area contributed by atoms with E-state index >= 15 is 0 Å². The molecule has 140 valence electrons. The number of hydrogen-bond donors (Lipinski definition) is 0. The molecule has 5 nitrogen and oxygen atoms in total. The van der Waals surface area contributed by atoms with Crippen molar-refractivity contribution in [1.29, 1.82) is 0 Å². The van der Waals surface area contributed by atoms with E-state index in [0.717, 1.165) is 5.56 Å². The summed E-state index contributed by atoms with van der Waals surface area (Å²) in [6.07, 6.45) is 0. The van der Waals surface area contributed by atoms with E-state index in [0.29, 0.717) is 11.3 Å². The van der Waals surface area contributed by atoms with Gasteiger partial charge in [-0.05, 0) is 17.7 Å². The van der Waals surface area contributed by atoms with Gasteiger partial charge in [-0.2, -0.15) is 0 Å². The zero-order valence-electron chi connectivity index (χ0n) is 15.4. The van der Waals surface area contributed by atoms with Crippen molar-refractivity contribution in [1.82, 2.24) is 9.36 Å². The van der Waals surface area contributed by atoms with Gasteiger partial charge in [0.2, 0.25) is 11.6 Å². The van der Waals surface area contributed by atoms with E-state index in [2.05, 4.69) is 0 Å². The number of ketones is 2. The molecule has 4 aromatic rings. The molecular formula is C24H16N2O3. The Morgan fingerprint density at radius 2 is 1.17 bits per heavy atom. The van der Waals surface area contributed by atoms with Crippen molar-refractivity contribution in [3.63, 3.8) is 0 Å². The smallest absolute Gasteiger partial charge is 0.279 e. The highest BCUT2D eigenvalue weighted by molar-refractivity contribution is 6.27. The second-order valence-electron chi connectivity index (χ2n) is 6.92. The first-order chi connectivity index (χ1) is 14.2. The summed E-state index contributed by atoms with van der Waals surface area (Å²) in [6.45, 7) is 0.248. The molecule has 1 heterocycles. The van der Waals surface area contributed by atoms with Crippen molar-refractivity contribution in [2.24, 2.45) is 0 Å². The minimum atomic E-state index is -0.458. The van der Waals surface area contributed by atoms with Gasteiger partial charge in [-0.3, -0.25) is 14.4 Å². The molecule has 5 rings (SSSR count). The number of rotatable bonds is 3. The molecule has 0 bridgehead atoms. The lowest BCUT2D eigenvalue weighted by atomic mass is 9.88. The van der Waals surface area contributed by atoms with E-state index in [9.17, 15) is 14.4 Å². The van der Waals surface area contributed by atoms with Gasteiger partial charge in [0.25, 0.3) is 5.56 Å². The fourth-order valence-corrected chi connectivity index (χ4v) is 3.84. The van der Waals surface area contributed by atoms with Crippen molar-refractivity contribution in [3.05, 3.63) is 123 Å². The number of fused-ring (bicyclic) bond motifs is 2. The predicted molar refractivity (Wildman–Crippen MR) is 109 cm³/mol. The number of para-hydroxylation sites is 1. The number of nitrogens with zero attached hydrogens (tertiary/aromatic N) is 2. The minimum absolute atomic E-state index is 0.0616. The van der Waals surface area contributed by atoms with Crippen LogP contribution in [0.25, 0.3) is 5.69 Å². The first-order valence-electron chi connectivity index (χ1n) is 9.30. The zero-order valence-corrected chi connectivity index (χ0v) is 15.4. The molecule has 0 aliphatic heterocycles. The highest BCUT2D eigenvalue weighted by Crippen LogP contribution is 2.28. The van der Waals surface area contributed by atoms with Gasteiger partial charge in [-0.1, -0.05) is 72.8 Å². The number of carbonyl (C=O) groups excluding carboxylic acids is 2. The molecular weight excluding hydrogens is 364 g/mol. The summed E-state index contributed by atoms with van der Waals surface area (Å²) in [5.74, 6) is -0.723. The molecule has 0 saturated heterocycles. The van der Waals surface area contributed by atoms with Gasteiger partial charge in [0.1, 0.15) is 11.3 Å². The topological polar surface area (TPSA) is 61.1 Å². The predicted octanol–water partition coefficient (Wildman–Crippen LogP) is 3.46. The van der Waals surface area contributed by atoms with E-state index < -0.39 is 11.3 Å². The molecule has 0 unspecified atom stereocenters. The van der Waals surface area contributed by atoms with Crippen molar-refractivity contribution in [3.8, 4) is 5.69 Å². The normalized spacial score (nSPS) is 12.6. The van der Waals surface area contributed by atoms with E-state index in [-0.39, 0.29) is 29.1 Å². The van der Waals surface area contributed by atoms with Crippen molar-refractivity contribution >= 4 is 11.6 Å². The van der Waals surface area contributed by atoms with Crippen LogP contribution in [0.15, 0.2) is 89.7 Å². The fourth-order valence-electron chi connectivity index (χ4n) is 3.84. The Morgan fingerprint density at radius 1 is 0.621 bits per heavy atom. The third-order valence-electron chi connectivity index (χ3n) is 5.17. The average Bonchev–Trinajstić information content (AvgIpc) is 3.06. The molecule has 5 heteroatoms. The number of carbonyl (C=O) groups is 2. The van der Waals surface area contributed by atoms with Crippen LogP contribution in [0.4, 0.5) is 0 Å². The van der Waals surface area contributed by atoms with Crippen LogP contribution in [0.5, 0.6) is 0 Å². The summed E-state index contributed by atoms with van der Waals surface area (Å²) in [7, 11) is 0. The van der Waals surface area contributed by atoms with Gasteiger partial charge in [0, 0.05) is 11.1 Å². The summed E-state index contributed by atoms with van der Waals surface area (Å²) in [5, 5.41) is 0. The third kappa shape index (κ3) is 2.59. The molecule has 1 aromatic heterocycles. The average molecular weight is 380 g/mol. The molecule has 0 amide bonds. The van der Waals surface area contributed by atoms with E-state index in [1.165, 1.54) is 4.68 Å². The van der Waals surface area contributed by atoms with Gasteiger partial charge < -0.3 is 0 Å². The second kappa shape index (κ2) is 6.56. The molecule has 0 N–H and O–H groups in total. The first kappa shape index (κ1) is 17.1. The molecule has 0 fully saturated rings. The van der Waals surface area contributed by atoms with Crippen molar-refractivity contribution in [2.45, 2.75) is 6.54 Å². The molecule has 0 atom stereocenters. The summed E-state index contributed by atoms with van der Waals surface area (Å²) < 4.78 is 3.05. The highest BCUT2D eigenvalue weighted by Gasteiger charge is 2.37. The first-order valence-corrected chi connectivity index (χ1v) is 9.30. The maximum atomic E-state index is 13.3. The van der Waals surface area contributed by atoms with Crippen molar-refractivity contribution in [2.75, 3.05) is 0 Å². The second-order valence-corrected chi connectivity index (χ2v) is 6.92. The summed E-state index contributed by atoms with van der Waals surface area (Å²) in [4.78, 5) is 39.8. The van der Waals surface area contributed by atoms with Crippen LogP contribution in [0, 0.1) is 0 Å². The fraction of sp³-hybridized carbons (Fsp3) is 0.0417. The summed E-state index contributed by atoms with van der Waals surface area (Å²) in [5.41, 5.74) is 1.77. The number of aromatic nitrogens is 2. The van der Waals surface area contributed by atoms with Crippen LogP contribution >= 0.6 is 0 Å². The van der Waals surface area contributed by atoms with Gasteiger partial charge in [-0.25, -0.2) is 9.36 Å². The Kier molecular flexibility index (Phi) is 3.88. The Bertz CT molecular complexity index is 1320. The van der Waals surface area contributed by atoms with Crippen LogP contribution in [0.2, 0.25) is 0 Å². The Balaban J connectivity index is 1.82. The SMILES string of the molecule is O=C1c2ccccc2C(=O)c2c1c(=O)n(Cc1ccccc1)n2-c1ccccc1. The zero-order chi connectivity index (χ0) is 20.0. The van der Waals surface area contributed by atoms with Gasteiger partial charge in [0.05, 0.1) is 12.2 Å². The Morgan fingerprint density at radius 3 is 1.83 bits per heavy atom. The monoisotopic (exact) mass is 380 g/mol. The van der Waals surface area contributed by atoms with Crippen LogP contribution in [0.1, 0.15) is 37.5 Å². The lowest BCUT2D eigenvalue weighted by Gasteiger charge is -2.17. The van der Waals surface area contributed by atoms with Gasteiger partial charge >= 0.3 is 0 Å². The quantitative estimate of drug-likeness (QED) is 0.482. The van der Waals surface area contributed by atoms with Crippen LogP contribution in [-0.2, 0) is 6.54 Å².